The van der Waals surface area contributed by atoms with E-state index in [4.69, 9.17) is 16.0 Å². The molecule has 0 aliphatic heterocycles. The second-order valence-corrected chi connectivity index (χ2v) is 7.19. The molecule has 0 unspecified atom stereocenters. The largest absolute Gasteiger partial charge is 0.438 e. The number of hydrogen-bond acceptors (Lipinski definition) is 7. The number of anilines is 2. The minimum atomic E-state index is 0.202. The molecule has 27 heavy (non-hydrogen) atoms. The van der Waals surface area contributed by atoms with Gasteiger partial charge in [-0.15, -0.1) is 0 Å². The predicted molar refractivity (Wildman–Crippen MR) is 107 cm³/mol. The number of benzene rings is 1. The lowest BCUT2D eigenvalue weighted by molar-refractivity contribution is 0.515. The van der Waals surface area contributed by atoms with Crippen molar-refractivity contribution >= 4 is 23.5 Å². The van der Waals surface area contributed by atoms with Crippen molar-refractivity contribution in [3.05, 3.63) is 46.7 Å². The van der Waals surface area contributed by atoms with Gasteiger partial charge < -0.3 is 14.6 Å². The van der Waals surface area contributed by atoms with Crippen molar-refractivity contribution in [2.45, 2.75) is 33.2 Å². The second kappa shape index (κ2) is 7.92. The van der Waals surface area contributed by atoms with Gasteiger partial charge in [0.25, 0.3) is 0 Å². The maximum atomic E-state index is 5.95. The maximum absolute atomic E-state index is 5.95. The fourth-order valence-electron chi connectivity index (χ4n) is 2.47. The molecule has 142 valence electrons. The predicted octanol–water partition coefficient (Wildman–Crippen LogP) is 4.29. The van der Waals surface area contributed by atoms with E-state index in [1.165, 1.54) is 0 Å². The van der Waals surface area contributed by atoms with Crippen LogP contribution in [0.5, 0.6) is 0 Å². The van der Waals surface area contributed by atoms with Crippen LogP contribution in [0.2, 0.25) is 5.02 Å². The second-order valence-electron chi connectivity index (χ2n) is 6.75. The van der Waals surface area contributed by atoms with Crippen LogP contribution >= 0.6 is 11.6 Å². The average Bonchev–Trinajstić information content (AvgIpc) is 3.01. The Kier molecular flexibility index (Phi) is 5.60. The number of aryl methyl sites for hydroxylation is 1. The van der Waals surface area contributed by atoms with Gasteiger partial charge in [-0.1, -0.05) is 25.4 Å². The molecule has 0 amide bonds. The van der Waals surface area contributed by atoms with E-state index in [9.17, 15) is 0 Å². The Bertz CT molecular complexity index is 894. The lowest BCUT2D eigenvalue weighted by atomic mass is 10.1. The Labute approximate surface area is 163 Å². The van der Waals surface area contributed by atoms with Crippen LogP contribution in [0.3, 0.4) is 0 Å². The van der Waals surface area contributed by atoms with Crippen LogP contribution in [0.25, 0.3) is 11.3 Å². The molecule has 0 bridgehead atoms. The first-order chi connectivity index (χ1) is 12.8. The topological polar surface area (TPSA) is 80.0 Å². The third-order valence-corrected chi connectivity index (χ3v) is 4.15. The van der Waals surface area contributed by atoms with Crippen LogP contribution in [0.1, 0.15) is 37.2 Å². The van der Waals surface area contributed by atoms with Crippen LogP contribution in [-0.4, -0.2) is 34.0 Å². The number of aromatic nitrogens is 4. The number of oxazole rings is 1. The van der Waals surface area contributed by atoms with Gasteiger partial charge in [0.15, 0.2) is 5.76 Å². The Hall–Kier alpha value is -2.67. The number of nitrogens with one attached hydrogen (secondary N) is 1. The molecule has 2 heterocycles. The zero-order valence-corrected chi connectivity index (χ0v) is 16.9. The summed E-state index contributed by atoms with van der Waals surface area (Å²) in [5, 5.41) is 3.87. The summed E-state index contributed by atoms with van der Waals surface area (Å²) in [6.45, 7) is 6.40. The maximum Gasteiger partial charge on any atom is 0.229 e. The molecule has 0 fully saturated rings. The summed E-state index contributed by atoms with van der Waals surface area (Å²) in [4.78, 5) is 19.7. The lowest BCUT2D eigenvalue weighted by Gasteiger charge is -2.14. The van der Waals surface area contributed by atoms with Crippen molar-refractivity contribution in [3.8, 4) is 11.3 Å². The summed E-state index contributed by atoms with van der Waals surface area (Å²) in [7, 11) is 3.80. The van der Waals surface area contributed by atoms with E-state index >= 15 is 0 Å². The molecule has 8 heteroatoms. The van der Waals surface area contributed by atoms with E-state index in [1.54, 1.807) is 0 Å². The minimum Gasteiger partial charge on any atom is -0.438 e. The van der Waals surface area contributed by atoms with Crippen molar-refractivity contribution in [1.82, 2.24) is 19.9 Å². The highest BCUT2D eigenvalue weighted by molar-refractivity contribution is 6.30. The molecule has 1 N–H and O–H groups in total. The molecule has 0 aliphatic carbocycles. The van der Waals surface area contributed by atoms with E-state index in [0.29, 0.717) is 29.4 Å². The highest BCUT2D eigenvalue weighted by Crippen LogP contribution is 2.26. The first-order valence-corrected chi connectivity index (χ1v) is 9.10. The Balaban J connectivity index is 1.79. The van der Waals surface area contributed by atoms with Crippen LogP contribution < -0.4 is 10.2 Å². The summed E-state index contributed by atoms with van der Waals surface area (Å²) < 4.78 is 5.92. The van der Waals surface area contributed by atoms with Gasteiger partial charge in [-0.3, -0.25) is 0 Å². The third kappa shape index (κ3) is 4.54. The van der Waals surface area contributed by atoms with Crippen LogP contribution in [0, 0.1) is 6.92 Å². The quantitative estimate of drug-likeness (QED) is 0.676. The van der Waals surface area contributed by atoms with Gasteiger partial charge >= 0.3 is 0 Å². The van der Waals surface area contributed by atoms with Gasteiger partial charge in [-0.2, -0.15) is 15.0 Å². The molecule has 2 aromatic heterocycles. The van der Waals surface area contributed by atoms with Crippen molar-refractivity contribution in [2.75, 3.05) is 24.3 Å². The number of rotatable bonds is 6. The zero-order chi connectivity index (χ0) is 19.6. The van der Waals surface area contributed by atoms with Crippen molar-refractivity contribution < 1.29 is 4.42 Å². The van der Waals surface area contributed by atoms with E-state index in [0.717, 1.165) is 22.8 Å². The van der Waals surface area contributed by atoms with Crippen LogP contribution in [-0.2, 0) is 6.54 Å². The molecular weight excluding hydrogens is 364 g/mol. The molecule has 0 radical (unpaired) electrons. The Morgan fingerprint density at radius 3 is 2.41 bits per heavy atom. The summed E-state index contributed by atoms with van der Waals surface area (Å²) in [6.07, 6.45) is 0. The van der Waals surface area contributed by atoms with Gasteiger partial charge in [0, 0.05) is 30.6 Å². The summed E-state index contributed by atoms with van der Waals surface area (Å²) in [5.74, 6) is 3.35. The smallest absolute Gasteiger partial charge is 0.229 e. The molecule has 0 saturated carbocycles. The van der Waals surface area contributed by atoms with Gasteiger partial charge in [-0.05, 0) is 31.2 Å². The number of nitrogens with zero attached hydrogens (tertiary/aromatic N) is 5. The van der Waals surface area contributed by atoms with E-state index in [2.05, 4.69) is 25.3 Å². The van der Waals surface area contributed by atoms with Crippen molar-refractivity contribution in [2.24, 2.45) is 0 Å². The van der Waals surface area contributed by atoms with Crippen molar-refractivity contribution in [1.29, 1.82) is 0 Å². The number of hydrogen-bond donors (Lipinski definition) is 1. The molecule has 0 aliphatic rings. The zero-order valence-electron chi connectivity index (χ0n) is 16.1. The van der Waals surface area contributed by atoms with Gasteiger partial charge in [-0.25, -0.2) is 4.98 Å². The monoisotopic (exact) mass is 386 g/mol. The van der Waals surface area contributed by atoms with Gasteiger partial charge in [0.1, 0.15) is 5.82 Å². The average molecular weight is 387 g/mol. The molecular formula is C19H23ClN6O. The molecule has 0 atom stereocenters. The van der Waals surface area contributed by atoms with Crippen LogP contribution in [0.4, 0.5) is 11.9 Å². The molecule has 7 nitrogen and oxygen atoms in total. The molecule has 1 aromatic carbocycles. The van der Waals surface area contributed by atoms with E-state index < -0.39 is 0 Å². The first kappa shape index (κ1) is 19.1. The summed E-state index contributed by atoms with van der Waals surface area (Å²) in [5.41, 5.74) is 1.76. The Morgan fingerprint density at radius 2 is 1.78 bits per heavy atom. The van der Waals surface area contributed by atoms with E-state index in [1.807, 2.05) is 64.0 Å². The standard InChI is InChI=1S/C19H23ClN6O/c1-11(2)17-23-18(25-19(24-17)26(4)5)21-10-15-22-12(3)16(27-15)13-6-8-14(20)9-7-13/h6-9,11H,10H2,1-5H3,(H,21,23,24,25). The minimum absolute atomic E-state index is 0.202. The molecule has 0 spiro atoms. The Morgan fingerprint density at radius 1 is 1.07 bits per heavy atom. The summed E-state index contributed by atoms with van der Waals surface area (Å²) in [6, 6.07) is 7.49. The fraction of sp³-hybridized carbons (Fsp3) is 0.368. The normalized spacial score (nSPS) is 11.1. The number of halogens is 1. The van der Waals surface area contributed by atoms with Gasteiger partial charge in [0.05, 0.1) is 12.2 Å². The summed E-state index contributed by atoms with van der Waals surface area (Å²) >= 11 is 5.95. The van der Waals surface area contributed by atoms with E-state index in [-0.39, 0.29) is 5.92 Å². The molecule has 0 saturated heterocycles. The van der Waals surface area contributed by atoms with Crippen LogP contribution in [0.15, 0.2) is 28.7 Å². The highest BCUT2D eigenvalue weighted by atomic mass is 35.5. The highest BCUT2D eigenvalue weighted by Gasteiger charge is 2.14. The SMILES string of the molecule is Cc1nc(CNc2nc(C(C)C)nc(N(C)C)n2)oc1-c1ccc(Cl)cc1. The first-order valence-electron chi connectivity index (χ1n) is 8.73. The fourth-order valence-corrected chi connectivity index (χ4v) is 2.60. The lowest BCUT2D eigenvalue weighted by Crippen LogP contribution is -2.17. The van der Waals surface area contributed by atoms with Crippen molar-refractivity contribution in [3.63, 3.8) is 0 Å². The third-order valence-electron chi connectivity index (χ3n) is 3.90. The molecule has 3 aromatic rings. The van der Waals surface area contributed by atoms with Gasteiger partial charge in [0.2, 0.25) is 17.8 Å². The molecule has 3 rings (SSSR count).